The van der Waals surface area contributed by atoms with Gasteiger partial charge in [0.15, 0.2) is 0 Å². The smallest absolute Gasteiger partial charge is 0.0749 e. The first-order valence-corrected chi connectivity index (χ1v) is 7.72. The molecule has 3 heterocycles. The lowest BCUT2D eigenvalue weighted by Gasteiger charge is -2.29. The zero-order valence-corrected chi connectivity index (χ0v) is 12.5. The van der Waals surface area contributed by atoms with Crippen LogP contribution in [0.2, 0.25) is 5.02 Å². The third-order valence-electron chi connectivity index (χ3n) is 4.19. The Morgan fingerprint density at radius 3 is 2.81 bits per heavy atom. The monoisotopic (exact) mass is 304 g/mol. The van der Waals surface area contributed by atoms with Crippen LogP contribution in [0.3, 0.4) is 0 Å². The molecule has 0 unspecified atom stereocenters. The topological polar surface area (TPSA) is 34.6 Å². The lowest BCUT2D eigenvalue weighted by atomic mass is 10.1. The fraction of sp³-hybridized carbons (Fsp3) is 0.438. The number of morpholine rings is 1. The predicted octanol–water partition coefficient (Wildman–Crippen LogP) is 2.80. The Labute approximate surface area is 128 Å². The molecular formula is C16H17ClN2O2. The van der Waals surface area contributed by atoms with Gasteiger partial charge in [0.25, 0.3) is 0 Å². The van der Waals surface area contributed by atoms with Gasteiger partial charge in [-0.25, -0.2) is 0 Å². The van der Waals surface area contributed by atoms with Gasteiger partial charge in [0.1, 0.15) is 0 Å². The Balaban J connectivity index is 1.81. The summed E-state index contributed by atoms with van der Waals surface area (Å²) in [4.78, 5) is 7.08. The highest BCUT2D eigenvalue weighted by atomic mass is 35.5. The van der Waals surface area contributed by atoms with E-state index >= 15 is 0 Å². The molecule has 0 saturated carbocycles. The quantitative estimate of drug-likeness (QED) is 0.811. The second-order valence-electron chi connectivity index (χ2n) is 5.45. The number of fused-ring (bicyclic) bond motifs is 2. The van der Waals surface area contributed by atoms with Crippen molar-refractivity contribution in [3.05, 3.63) is 34.5 Å². The molecule has 110 valence electrons. The first kappa shape index (κ1) is 13.3. The van der Waals surface area contributed by atoms with Gasteiger partial charge in [0, 0.05) is 36.1 Å². The standard InChI is InChI=1S/C16H17ClN2O2/c17-16-12-9-11(19-4-7-20-8-5-19)1-2-14(12)18-15-3-6-21-10-13(15)16/h1-2,9H,3-8,10H2. The molecule has 0 aliphatic carbocycles. The average Bonchev–Trinajstić information content (AvgIpc) is 2.56. The van der Waals surface area contributed by atoms with Crippen molar-refractivity contribution in [3.63, 3.8) is 0 Å². The maximum Gasteiger partial charge on any atom is 0.0749 e. The third-order valence-corrected chi connectivity index (χ3v) is 4.62. The molecular weight excluding hydrogens is 288 g/mol. The molecule has 21 heavy (non-hydrogen) atoms. The highest BCUT2D eigenvalue weighted by Crippen LogP contribution is 2.33. The number of benzene rings is 1. The van der Waals surface area contributed by atoms with Crippen molar-refractivity contribution in [2.24, 2.45) is 0 Å². The van der Waals surface area contributed by atoms with Gasteiger partial charge in [-0.2, -0.15) is 0 Å². The molecule has 0 radical (unpaired) electrons. The molecule has 1 saturated heterocycles. The van der Waals surface area contributed by atoms with Gasteiger partial charge in [0.05, 0.1) is 42.7 Å². The van der Waals surface area contributed by atoms with Gasteiger partial charge in [-0.3, -0.25) is 4.98 Å². The van der Waals surface area contributed by atoms with Gasteiger partial charge in [-0.05, 0) is 18.2 Å². The van der Waals surface area contributed by atoms with Crippen LogP contribution >= 0.6 is 11.6 Å². The molecule has 4 rings (SSSR count). The zero-order valence-electron chi connectivity index (χ0n) is 11.8. The number of rotatable bonds is 1. The molecule has 0 amide bonds. The number of pyridine rings is 1. The molecule has 1 fully saturated rings. The van der Waals surface area contributed by atoms with Crippen LogP contribution in [0.1, 0.15) is 11.3 Å². The van der Waals surface area contributed by atoms with Gasteiger partial charge in [-0.15, -0.1) is 0 Å². The number of aromatic nitrogens is 1. The van der Waals surface area contributed by atoms with E-state index in [0.29, 0.717) is 6.61 Å². The van der Waals surface area contributed by atoms with Crippen LogP contribution in [-0.2, 0) is 22.5 Å². The molecule has 2 aliphatic rings. The van der Waals surface area contributed by atoms with E-state index in [1.165, 1.54) is 5.69 Å². The molecule has 0 atom stereocenters. The van der Waals surface area contributed by atoms with Crippen LogP contribution in [0.25, 0.3) is 10.9 Å². The fourth-order valence-electron chi connectivity index (χ4n) is 3.01. The van der Waals surface area contributed by atoms with Crippen molar-refractivity contribution in [2.45, 2.75) is 13.0 Å². The van der Waals surface area contributed by atoms with E-state index in [1.54, 1.807) is 0 Å². The van der Waals surface area contributed by atoms with E-state index in [2.05, 4.69) is 23.1 Å². The molecule has 5 heteroatoms. The van der Waals surface area contributed by atoms with Crippen molar-refractivity contribution in [3.8, 4) is 0 Å². The highest BCUT2D eigenvalue weighted by molar-refractivity contribution is 6.36. The van der Waals surface area contributed by atoms with Crippen molar-refractivity contribution in [1.29, 1.82) is 0 Å². The summed E-state index contributed by atoms with van der Waals surface area (Å²) in [6.45, 7) is 4.70. The Morgan fingerprint density at radius 1 is 1.10 bits per heavy atom. The Morgan fingerprint density at radius 2 is 1.95 bits per heavy atom. The number of hydrogen-bond donors (Lipinski definition) is 0. The van der Waals surface area contributed by atoms with Crippen LogP contribution in [0, 0.1) is 0 Å². The van der Waals surface area contributed by atoms with Crippen LogP contribution in [0.15, 0.2) is 18.2 Å². The first-order valence-electron chi connectivity index (χ1n) is 7.34. The molecule has 1 aromatic heterocycles. The summed E-state index contributed by atoms with van der Waals surface area (Å²) < 4.78 is 10.9. The Kier molecular flexibility index (Phi) is 3.45. The number of nitrogens with zero attached hydrogens (tertiary/aromatic N) is 2. The average molecular weight is 305 g/mol. The van der Waals surface area contributed by atoms with Crippen LogP contribution in [0.5, 0.6) is 0 Å². The van der Waals surface area contributed by atoms with Crippen molar-refractivity contribution in [2.75, 3.05) is 37.8 Å². The molecule has 4 nitrogen and oxygen atoms in total. The molecule has 0 bridgehead atoms. The normalized spacial score (nSPS) is 18.8. The van der Waals surface area contributed by atoms with Crippen molar-refractivity contribution < 1.29 is 9.47 Å². The molecule has 2 aliphatic heterocycles. The van der Waals surface area contributed by atoms with Crippen LogP contribution in [-0.4, -0.2) is 37.9 Å². The third kappa shape index (κ3) is 2.37. The molecule has 0 spiro atoms. The maximum atomic E-state index is 6.61. The summed E-state index contributed by atoms with van der Waals surface area (Å²) in [6.07, 6.45) is 0.843. The summed E-state index contributed by atoms with van der Waals surface area (Å²) in [5.74, 6) is 0. The van der Waals surface area contributed by atoms with E-state index in [-0.39, 0.29) is 0 Å². The van der Waals surface area contributed by atoms with Gasteiger partial charge >= 0.3 is 0 Å². The van der Waals surface area contributed by atoms with Gasteiger partial charge < -0.3 is 14.4 Å². The summed E-state index contributed by atoms with van der Waals surface area (Å²) in [7, 11) is 0. The molecule has 0 N–H and O–H groups in total. The zero-order chi connectivity index (χ0) is 14.2. The minimum Gasteiger partial charge on any atom is -0.378 e. The summed E-state index contributed by atoms with van der Waals surface area (Å²) >= 11 is 6.61. The minimum atomic E-state index is 0.568. The van der Waals surface area contributed by atoms with Gasteiger partial charge in [0.2, 0.25) is 0 Å². The lowest BCUT2D eigenvalue weighted by molar-refractivity contribution is 0.109. The molecule has 2 aromatic rings. The summed E-state index contributed by atoms with van der Waals surface area (Å²) in [5, 5.41) is 1.81. The van der Waals surface area contributed by atoms with E-state index < -0.39 is 0 Å². The number of ether oxygens (including phenoxy) is 2. The van der Waals surface area contributed by atoms with E-state index in [4.69, 9.17) is 26.1 Å². The van der Waals surface area contributed by atoms with Crippen LogP contribution < -0.4 is 4.90 Å². The van der Waals surface area contributed by atoms with E-state index in [1.807, 2.05) is 0 Å². The second kappa shape index (κ2) is 5.44. The van der Waals surface area contributed by atoms with Crippen molar-refractivity contribution >= 4 is 28.2 Å². The summed E-state index contributed by atoms with van der Waals surface area (Å²) in [5.41, 5.74) is 4.29. The number of halogens is 1. The maximum absolute atomic E-state index is 6.61. The number of hydrogen-bond acceptors (Lipinski definition) is 4. The Hall–Kier alpha value is -1.36. The van der Waals surface area contributed by atoms with Crippen LogP contribution in [0.4, 0.5) is 5.69 Å². The lowest BCUT2D eigenvalue weighted by Crippen LogP contribution is -2.36. The van der Waals surface area contributed by atoms with E-state index in [9.17, 15) is 0 Å². The number of anilines is 1. The predicted molar refractivity (Wildman–Crippen MR) is 83.1 cm³/mol. The fourth-order valence-corrected chi connectivity index (χ4v) is 3.33. The molecule has 1 aromatic carbocycles. The Bertz CT molecular complexity index is 684. The SMILES string of the molecule is Clc1c2c(nc3ccc(N4CCOCC4)cc13)CCOC2. The second-order valence-corrected chi connectivity index (χ2v) is 5.83. The van der Waals surface area contributed by atoms with Crippen molar-refractivity contribution in [1.82, 2.24) is 4.98 Å². The summed E-state index contributed by atoms with van der Waals surface area (Å²) in [6, 6.07) is 6.34. The highest BCUT2D eigenvalue weighted by Gasteiger charge is 2.19. The minimum absolute atomic E-state index is 0.568. The first-order chi connectivity index (χ1) is 10.3. The largest absolute Gasteiger partial charge is 0.378 e. The van der Waals surface area contributed by atoms with Gasteiger partial charge in [-0.1, -0.05) is 11.6 Å². The van der Waals surface area contributed by atoms with E-state index in [0.717, 1.165) is 66.5 Å².